The van der Waals surface area contributed by atoms with Crippen molar-refractivity contribution in [2.24, 2.45) is 0 Å². The first kappa shape index (κ1) is 16.4. The van der Waals surface area contributed by atoms with E-state index in [1.807, 2.05) is 12.1 Å². The lowest BCUT2D eigenvalue weighted by Crippen LogP contribution is -2.53. The number of nitrogens with zero attached hydrogens (tertiary/aromatic N) is 1. The van der Waals surface area contributed by atoms with Crippen molar-refractivity contribution in [2.75, 3.05) is 44.9 Å². The second kappa shape index (κ2) is 8.47. The summed E-state index contributed by atoms with van der Waals surface area (Å²) in [6, 6.07) is 6.30. The summed E-state index contributed by atoms with van der Waals surface area (Å²) in [5.41, 5.74) is 1.14. The van der Waals surface area contributed by atoms with E-state index in [4.69, 9.17) is 21.1 Å². The molecule has 0 saturated carbocycles. The maximum atomic E-state index is 6.11. The highest BCUT2D eigenvalue weighted by atomic mass is 35.5. The molecular weight excluding hydrogens is 288 g/mol. The lowest BCUT2D eigenvalue weighted by Gasteiger charge is -2.38. The van der Waals surface area contributed by atoms with Gasteiger partial charge in [0.1, 0.15) is 5.75 Å². The molecule has 2 rings (SSSR count). The molecule has 0 spiro atoms. The minimum absolute atomic E-state index is 0.349. The minimum atomic E-state index is 0.349. The number of ether oxygens (including phenoxy) is 2. The number of piperazine rings is 1. The van der Waals surface area contributed by atoms with Gasteiger partial charge in [-0.1, -0.05) is 24.9 Å². The zero-order valence-electron chi connectivity index (χ0n) is 12.9. The van der Waals surface area contributed by atoms with E-state index in [9.17, 15) is 0 Å². The van der Waals surface area contributed by atoms with E-state index in [0.29, 0.717) is 11.1 Å². The van der Waals surface area contributed by atoms with Gasteiger partial charge in [-0.3, -0.25) is 0 Å². The van der Waals surface area contributed by atoms with Crippen molar-refractivity contribution in [3.63, 3.8) is 0 Å². The molecule has 118 valence electrons. The smallest absolute Gasteiger partial charge is 0.139 e. The highest BCUT2D eigenvalue weighted by Gasteiger charge is 2.23. The monoisotopic (exact) mass is 312 g/mol. The average molecular weight is 313 g/mol. The SMILES string of the molecule is CCCCOC[C@H]1CNCCN1c1ccc(Cl)c(OC)c1. The van der Waals surface area contributed by atoms with Gasteiger partial charge >= 0.3 is 0 Å². The molecule has 1 atom stereocenters. The molecule has 1 aromatic rings. The molecule has 0 aromatic heterocycles. The molecule has 0 unspecified atom stereocenters. The van der Waals surface area contributed by atoms with Crippen LogP contribution in [0.2, 0.25) is 5.02 Å². The third-order valence-electron chi connectivity index (χ3n) is 3.77. The Kier molecular flexibility index (Phi) is 6.61. The first-order chi connectivity index (χ1) is 10.3. The van der Waals surface area contributed by atoms with Gasteiger partial charge in [0.15, 0.2) is 0 Å². The summed E-state index contributed by atoms with van der Waals surface area (Å²) in [5.74, 6) is 0.721. The number of benzene rings is 1. The molecule has 0 radical (unpaired) electrons. The zero-order chi connectivity index (χ0) is 15.1. The maximum Gasteiger partial charge on any atom is 0.139 e. The van der Waals surface area contributed by atoms with Gasteiger partial charge < -0.3 is 19.7 Å². The molecule has 1 aromatic carbocycles. The van der Waals surface area contributed by atoms with E-state index >= 15 is 0 Å². The van der Waals surface area contributed by atoms with Gasteiger partial charge in [0, 0.05) is 38.0 Å². The van der Waals surface area contributed by atoms with Crippen molar-refractivity contribution >= 4 is 17.3 Å². The van der Waals surface area contributed by atoms with E-state index in [2.05, 4.69) is 23.2 Å². The Morgan fingerprint density at radius 2 is 2.29 bits per heavy atom. The van der Waals surface area contributed by atoms with Crippen LogP contribution >= 0.6 is 11.6 Å². The first-order valence-corrected chi connectivity index (χ1v) is 8.02. The third-order valence-corrected chi connectivity index (χ3v) is 4.08. The number of methoxy groups -OCH3 is 1. The Labute approximate surface area is 132 Å². The lowest BCUT2D eigenvalue weighted by atomic mass is 10.1. The Balaban J connectivity index is 2.03. The van der Waals surface area contributed by atoms with E-state index in [1.54, 1.807) is 7.11 Å². The van der Waals surface area contributed by atoms with Gasteiger partial charge in [-0.05, 0) is 18.6 Å². The van der Waals surface area contributed by atoms with Crippen LogP contribution < -0.4 is 15.0 Å². The topological polar surface area (TPSA) is 33.7 Å². The Bertz CT molecular complexity index is 442. The molecule has 1 heterocycles. The fourth-order valence-corrected chi connectivity index (χ4v) is 2.74. The first-order valence-electron chi connectivity index (χ1n) is 7.65. The van der Waals surface area contributed by atoms with Gasteiger partial charge in [0.05, 0.1) is 24.8 Å². The molecule has 1 fully saturated rings. The molecule has 1 N–H and O–H groups in total. The van der Waals surface area contributed by atoms with Crippen molar-refractivity contribution in [3.05, 3.63) is 23.2 Å². The van der Waals surface area contributed by atoms with Crippen LogP contribution in [0, 0.1) is 0 Å². The summed E-state index contributed by atoms with van der Waals surface area (Å²) < 4.78 is 11.1. The quantitative estimate of drug-likeness (QED) is 0.785. The average Bonchev–Trinajstić information content (AvgIpc) is 2.52. The number of halogens is 1. The van der Waals surface area contributed by atoms with Crippen LogP contribution in [0.15, 0.2) is 18.2 Å². The van der Waals surface area contributed by atoms with Gasteiger partial charge in [-0.15, -0.1) is 0 Å². The molecule has 0 aliphatic carbocycles. The van der Waals surface area contributed by atoms with Gasteiger partial charge in [0.25, 0.3) is 0 Å². The molecule has 1 saturated heterocycles. The Morgan fingerprint density at radius 3 is 3.05 bits per heavy atom. The van der Waals surface area contributed by atoms with E-state index in [-0.39, 0.29) is 0 Å². The second-order valence-electron chi connectivity index (χ2n) is 5.30. The van der Waals surface area contributed by atoms with E-state index in [0.717, 1.165) is 50.7 Å². The zero-order valence-corrected chi connectivity index (χ0v) is 13.7. The minimum Gasteiger partial charge on any atom is -0.495 e. The number of unbranched alkanes of at least 4 members (excludes halogenated alkanes) is 1. The van der Waals surface area contributed by atoms with Crippen LogP contribution in [0.4, 0.5) is 5.69 Å². The Hall–Kier alpha value is -0.970. The van der Waals surface area contributed by atoms with Crippen molar-refractivity contribution in [1.82, 2.24) is 5.32 Å². The summed E-state index contributed by atoms with van der Waals surface area (Å²) in [5, 5.41) is 4.08. The van der Waals surface area contributed by atoms with Crippen LogP contribution in [-0.2, 0) is 4.74 Å². The van der Waals surface area contributed by atoms with Gasteiger partial charge in [-0.2, -0.15) is 0 Å². The van der Waals surface area contributed by atoms with Crippen LogP contribution in [0.25, 0.3) is 0 Å². The second-order valence-corrected chi connectivity index (χ2v) is 5.71. The predicted octanol–water partition coefficient (Wildman–Crippen LogP) is 2.94. The third kappa shape index (κ3) is 4.50. The van der Waals surface area contributed by atoms with Crippen molar-refractivity contribution < 1.29 is 9.47 Å². The fraction of sp³-hybridized carbons (Fsp3) is 0.625. The fourth-order valence-electron chi connectivity index (χ4n) is 2.54. The Morgan fingerprint density at radius 1 is 1.43 bits per heavy atom. The molecule has 21 heavy (non-hydrogen) atoms. The summed E-state index contributed by atoms with van der Waals surface area (Å²) in [7, 11) is 1.65. The highest BCUT2D eigenvalue weighted by Crippen LogP contribution is 2.30. The summed E-state index contributed by atoms with van der Waals surface area (Å²) in [6.45, 7) is 6.65. The maximum absolute atomic E-state index is 6.11. The van der Waals surface area contributed by atoms with Gasteiger partial charge in [-0.25, -0.2) is 0 Å². The summed E-state index contributed by atoms with van der Waals surface area (Å²) in [4.78, 5) is 2.38. The standard InChI is InChI=1S/C16H25ClN2O2/c1-3-4-9-21-12-14-11-18-7-8-19(14)13-5-6-15(17)16(10-13)20-2/h5-6,10,14,18H,3-4,7-9,11-12H2,1-2H3/t14-/m1/s1. The predicted molar refractivity (Wildman–Crippen MR) is 87.7 cm³/mol. The summed E-state index contributed by atoms with van der Waals surface area (Å²) in [6.07, 6.45) is 2.29. The molecular formula is C16H25ClN2O2. The van der Waals surface area contributed by atoms with Gasteiger partial charge in [0.2, 0.25) is 0 Å². The lowest BCUT2D eigenvalue weighted by molar-refractivity contribution is 0.112. The van der Waals surface area contributed by atoms with Crippen molar-refractivity contribution in [3.8, 4) is 5.75 Å². The molecule has 0 amide bonds. The molecule has 5 heteroatoms. The molecule has 0 bridgehead atoms. The number of anilines is 1. The van der Waals surface area contributed by atoms with Crippen LogP contribution in [-0.4, -0.2) is 46.0 Å². The summed E-state index contributed by atoms with van der Waals surface area (Å²) >= 11 is 6.11. The normalized spacial score (nSPS) is 18.8. The van der Waals surface area contributed by atoms with Crippen molar-refractivity contribution in [2.45, 2.75) is 25.8 Å². The highest BCUT2D eigenvalue weighted by molar-refractivity contribution is 6.32. The van der Waals surface area contributed by atoms with Crippen LogP contribution in [0.3, 0.4) is 0 Å². The number of hydrogen-bond acceptors (Lipinski definition) is 4. The largest absolute Gasteiger partial charge is 0.495 e. The van der Waals surface area contributed by atoms with Crippen LogP contribution in [0.5, 0.6) is 5.75 Å². The molecule has 1 aliphatic heterocycles. The molecule has 1 aliphatic rings. The van der Waals surface area contributed by atoms with Crippen LogP contribution in [0.1, 0.15) is 19.8 Å². The van der Waals surface area contributed by atoms with Crippen molar-refractivity contribution in [1.29, 1.82) is 0 Å². The van der Waals surface area contributed by atoms with E-state index < -0.39 is 0 Å². The number of nitrogens with one attached hydrogen (secondary N) is 1. The molecule has 4 nitrogen and oxygen atoms in total. The number of hydrogen-bond donors (Lipinski definition) is 1. The number of rotatable bonds is 7. The van der Waals surface area contributed by atoms with E-state index in [1.165, 1.54) is 6.42 Å².